The van der Waals surface area contributed by atoms with Gasteiger partial charge in [-0.15, -0.1) is 0 Å². The molecular formula is C24H21FN4O4. The standard InChI is InChI=1S/C24H21FN4O4/c1-33-19-6-7-20(26-13-19)22(30)24-11-15-12-27-29(18-4-2-17(25)3-5-18)21(15)10-16(24)8-9-28(14-24)23(31)32/h2-7,10,12-13H,8-9,11,14H2,1H3,(H,31,32). The number of likely N-dealkylation sites (tertiary alicyclic amines) is 1. The molecule has 1 aliphatic carbocycles. The van der Waals surface area contributed by atoms with Gasteiger partial charge in [-0.25, -0.2) is 18.9 Å². The first-order valence-corrected chi connectivity index (χ1v) is 10.5. The number of fused-ring (bicyclic) bond motifs is 2. The van der Waals surface area contributed by atoms with Gasteiger partial charge < -0.3 is 14.7 Å². The number of Topliss-reactive ketones (excluding diaryl/α,β-unsaturated/α-hetero) is 1. The van der Waals surface area contributed by atoms with Crippen LogP contribution in [0.2, 0.25) is 0 Å². The maximum absolute atomic E-state index is 13.8. The molecule has 0 radical (unpaired) electrons. The average Bonchev–Trinajstić information content (AvgIpc) is 3.24. The van der Waals surface area contributed by atoms with Crippen molar-refractivity contribution in [2.75, 3.05) is 20.2 Å². The predicted molar refractivity (Wildman–Crippen MR) is 117 cm³/mol. The van der Waals surface area contributed by atoms with Gasteiger partial charge in [0.05, 0.1) is 36.3 Å². The number of ketones is 1. The first-order valence-electron chi connectivity index (χ1n) is 10.5. The third-order valence-electron chi connectivity index (χ3n) is 6.40. The van der Waals surface area contributed by atoms with Gasteiger partial charge in [-0.05, 0) is 60.9 Å². The SMILES string of the molecule is COc1ccc(C(=O)C23Cc4cnn(-c5ccc(F)cc5)c4C=C2CCN(C(=O)O)C3)nc1. The number of pyridine rings is 1. The van der Waals surface area contributed by atoms with Crippen LogP contribution in [-0.2, 0) is 6.42 Å². The lowest BCUT2D eigenvalue weighted by Crippen LogP contribution is -2.53. The number of carboxylic acid groups (broad SMARTS) is 1. The van der Waals surface area contributed by atoms with Crippen LogP contribution in [0.5, 0.6) is 5.75 Å². The first-order chi connectivity index (χ1) is 15.9. The molecule has 1 aromatic carbocycles. The van der Waals surface area contributed by atoms with Crippen LogP contribution in [0.3, 0.4) is 0 Å². The Morgan fingerprint density at radius 1 is 1.15 bits per heavy atom. The lowest BCUT2D eigenvalue weighted by Gasteiger charge is -2.44. The summed E-state index contributed by atoms with van der Waals surface area (Å²) in [7, 11) is 1.52. The van der Waals surface area contributed by atoms with Crippen molar-refractivity contribution in [1.29, 1.82) is 0 Å². The smallest absolute Gasteiger partial charge is 0.407 e. The molecule has 2 aliphatic rings. The third kappa shape index (κ3) is 3.45. The molecule has 1 fully saturated rings. The van der Waals surface area contributed by atoms with Crippen molar-refractivity contribution in [3.8, 4) is 11.4 Å². The maximum Gasteiger partial charge on any atom is 0.407 e. The largest absolute Gasteiger partial charge is 0.495 e. The molecule has 1 atom stereocenters. The zero-order valence-corrected chi connectivity index (χ0v) is 17.9. The number of halogens is 1. The van der Waals surface area contributed by atoms with Crippen molar-refractivity contribution in [2.45, 2.75) is 12.8 Å². The van der Waals surface area contributed by atoms with Gasteiger partial charge in [-0.3, -0.25) is 4.79 Å². The summed E-state index contributed by atoms with van der Waals surface area (Å²) in [6.07, 6.45) is 4.74. The molecule has 1 saturated heterocycles. The van der Waals surface area contributed by atoms with Crippen molar-refractivity contribution in [3.05, 3.63) is 77.1 Å². The quantitative estimate of drug-likeness (QED) is 0.613. The summed E-state index contributed by atoms with van der Waals surface area (Å²) in [5.41, 5.74) is 2.36. The van der Waals surface area contributed by atoms with E-state index in [0.717, 1.165) is 16.8 Å². The molecule has 9 heteroatoms. The number of methoxy groups -OCH3 is 1. The molecule has 0 bridgehead atoms. The van der Waals surface area contributed by atoms with Gasteiger partial charge in [-0.2, -0.15) is 5.10 Å². The van der Waals surface area contributed by atoms with Crippen molar-refractivity contribution < 1.29 is 23.8 Å². The Morgan fingerprint density at radius 2 is 1.94 bits per heavy atom. The van der Waals surface area contributed by atoms with E-state index in [4.69, 9.17) is 4.74 Å². The summed E-state index contributed by atoms with van der Waals surface area (Å²) < 4.78 is 20.2. The average molecular weight is 448 g/mol. The fourth-order valence-corrected chi connectivity index (χ4v) is 4.68. The minimum absolute atomic E-state index is 0.0435. The van der Waals surface area contributed by atoms with Crippen molar-refractivity contribution in [1.82, 2.24) is 19.7 Å². The van der Waals surface area contributed by atoms with Gasteiger partial charge in [0.15, 0.2) is 5.78 Å². The van der Waals surface area contributed by atoms with Gasteiger partial charge in [-0.1, -0.05) is 5.57 Å². The number of rotatable bonds is 4. The number of ether oxygens (including phenoxy) is 1. The number of hydrogen-bond acceptors (Lipinski definition) is 5. The monoisotopic (exact) mass is 448 g/mol. The van der Waals surface area contributed by atoms with E-state index in [9.17, 15) is 19.1 Å². The van der Waals surface area contributed by atoms with E-state index in [1.54, 1.807) is 35.1 Å². The highest BCUT2D eigenvalue weighted by Gasteiger charge is 2.50. The number of benzene rings is 1. The Morgan fingerprint density at radius 3 is 2.61 bits per heavy atom. The van der Waals surface area contributed by atoms with Gasteiger partial charge >= 0.3 is 6.09 Å². The summed E-state index contributed by atoms with van der Waals surface area (Å²) in [5, 5.41) is 14.1. The summed E-state index contributed by atoms with van der Waals surface area (Å²) in [4.78, 5) is 31.2. The highest BCUT2D eigenvalue weighted by molar-refractivity contribution is 6.03. The molecular weight excluding hydrogens is 427 g/mol. The second kappa shape index (κ2) is 7.84. The lowest BCUT2D eigenvalue weighted by atomic mass is 9.65. The summed E-state index contributed by atoms with van der Waals surface area (Å²) in [6, 6.07) is 9.29. The predicted octanol–water partition coefficient (Wildman–Crippen LogP) is 3.61. The van der Waals surface area contributed by atoms with Crippen molar-refractivity contribution in [2.24, 2.45) is 5.41 Å². The molecule has 0 spiro atoms. The molecule has 1 unspecified atom stereocenters. The summed E-state index contributed by atoms with van der Waals surface area (Å²) in [5.74, 6) is -0.0413. The second-order valence-electron chi connectivity index (χ2n) is 8.24. The molecule has 1 amide bonds. The van der Waals surface area contributed by atoms with Gasteiger partial charge in [0, 0.05) is 13.1 Å². The Labute approximate surface area is 188 Å². The molecule has 0 saturated carbocycles. The zero-order chi connectivity index (χ0) is 23.2. The third-order valence-corrected chi connectivity index (χ3v) is 6.40. The first kappa shape index (κ1) is 20.9. The molecule has 1 aliphatic heterocycles. The Kier molecular flexibility index (Phi) is 4.96. The summed E-state index contributed by atoms with van der Waals surface area (Å²) >= 11 is 0. The normalized spacial score (nSPS) is 19.3. The Balaban J connectivity index is 1.59. The molecule has 2 aromatic heterocycles. The van der Waals surface area contributed by atoms with Crippen LogP contribution in [0, 0.1) is 11.2 Å². The van der Waals surface area contributed by atoms with E-state index in [1.165, 1.54) is 30.3 Å². The van der Waals surface area contributed by atoms with Crippen LogP contribution >= 0.6 is 0 Å². The molecule has 3 aromatic rings. The van der Waals surface area contributed by atoms with E-state index < -0.39 is 11.5 Å². The fourth-order valence-electron chi connectivity index (χ4n) is 4.68. The Hall–Kier alpha value is -4.01. The fraction of sp³-hybridized carbons (Fsp3) is 0.250. The highest BCUT2D eigenvalue weighted by Crippen LogP contribution is 2.46. The number of nitrogens with zero attached hydrogens (tertiary/aromatic N) is 4. The van der Waals surface area contributed by atoms with Crippen molar-refractivity contribution in [3.63, 3.8) is 0 Å². The van der Waals surface area contributed by atoms with Crippen LogP contribution in [0.15, 0.2) is 54.4 Å². The molecule has 3 heterocycles. The number of hydrogen-bond donors (Lipinski definition) is 1. The topological polar surface area (TPSA) is 97.6 Å². The number of piperidine rings is 1. The van der Waals surface area contributed by atoms with Crippen LogP contribution < -0.4 is 4.74 Å². The minimum Gasteiger partial charge on any atom is -0.495 e. The number of aromatic nitrogens is 3. The van der Waals surface area contributed by atoms with E-state index in [0.29, 0.717) is 30.8 Å². The maximum atomic E-state index is 13.8. The molecule has 5 rings (SSSR count). The van der Waals surface area contributed by atoms with Gasteiger partial charge in [0.2, 0.25) is 0 Å². The number of carbonyl (C=O) groups excluding carboxylic acids is 1. The van der Waals surface area contributed by atoms with Crippen LogP contribution in [0.4, 0.5) is 9.18 Å². The van der Waals surface area contributed by atoms with E-state index in [2.05, 4.69) is 10.1 Å². The zero-order valence-electron chi connectivity index (χ0n) is 17.9. The molecule has 33 heavy (non-hydrogen) atoms. The van der Waals surface area contributed by atoms with E-state index >= 15 is 0 Å². The van der Waals surface area contributed by atoms with E-state index in [-0.39, 0.29) is 23.8 Å². The highest BCUT2D eigenvalue weighted by atomic mass is 19.1. The van der Waals surface area contributed by atoms with E-state index in [1.807, 2.05) is 6.08 Å². The molecule has 168 valence electrons. The summed E-state index contributed by atoms with van der Waals surface area (Å²) in [6.45, 7) is 0.341. The number of amides is 1. The van der Waals surface area contributed by atoms with Gasteiger partial charge in [0.1, 0.15) is 17.3 Å². The van der Waals surface area contributed by atoms with Crippen LogP contribution in [-0.4, -0.2) is 56.8 Å². The molecule has 8 nitrogen and oxygen atoms in total. The lowest BCUT2D eigenvalue weighted by molar-refractivity contribution is 0.0685. The van der Waals surface area contributed by atoms with Crippen molar-refractivity contribution >= 4 is 18.0 Å². The van der Waals surface area contributed by atoms with Crippen LogP contribution in [0.25, 0.3) is 11.8 Å². The Bertz CT molecular complexity index is 1270. The van der Waals surface area contributed by atoms with Crippen LogP contribution in [0.1, 0.15) is 28.2 Å². The second-order valence-corrected chi connectivity index (χ2v) is 8.24. The minimum atomic E-state index is -1.07. The molecule has 1 N–H and O–H groups in total. The number of carbonyl (C=O) groups is 2. The van der Waals surface area contributed by atoms with Gasteiger partial charge in [0.25, 0.3) is 0 Å².